The molecular formula is C24H28FN5O2S. The van der Waals surface area contributed by atoms with Crippen molar-refractivity contribution in [1.82, 2.24) is 15.6 Å². The third-order valence-corrected chi connectivity index (χ3v) is 7.72. The SMILES string of the molecule is CN[C@H]1CN(c2ccc3c(c2)OC[C@H](NC(=O)c2sc4nc(C)ccc4c2N)C3)C[C@H]1CF. The largest absolute Gasteiger partial charge is 0.491 e. The zero-order valence-corrected chi connectivity index (χ0v) is 19.5. The first-order valence-electron chi connectivity index (χ1n) is 11.2. The number of rotatable bonds is 5. The van der Waals surface area contributed by atoms with Gasteiger partial charge in [-0.15, -0.1) is 11.3 Å². The van der Waals surface area contributed by atoms with E-state index in [2.05, 4.69) is 26.6 Å². The van der Waals surface area contributed by atoms with Crippen molar-refractivity contribution in [2.45, 2.75) is 25.4 Å². The average Bonchev–Trinajstić information content (AvgIpc) is 3.39. The van der Waals surface area contributed by atoms with Gasteiger partial charge >= 0.3 is 0 Å². The van der Waals surface area contributed by atoms with Crippen molar-refractivity contribution in [2.75, 3.05) is 44.1 Å². The highest BCUT2D eigenvalue weighted by Crippen LogP contribution is 2.34. The molecule has 1 fully saturated rings. The molecule has 3 atom stereocenters. The lowest BCUT2D eigenvalue weighted by molar-refractivity contribution is 0.0920. The van der Waals surface area contributed by atoms with E-state index >= 15 is 0 Å². The van der Waals surface area contributed by atoms with Crippen molar-refractivity contribution in [3.05, 3.63) is 46.5 Å². The normalized spacial score (nSPS) is 22.3. The molecule has 0 bridgehead atoms. The molecular weight excluding hydrogens is 441 g/mol. The Morgan fingerprint density at radius 3 is 2.94 bits per heavy atom. The number of aromatic nitrogens is 1. The molecule has 5 rings (SSSR count). The predicted molar refractivity (Wildman–Crippen MR) is 130 cm³/mol. The van der Waals surface area contributed by atoms with Crippen LogP contribution in [0.3, 0.4) is 0 Å². The topological polar surface area (TPSA) is 92.5 Å². The van der Waals surface area contributed by atoms with E-state index < -0.39 is 0 Å². The zero-order valence-electron chi connectivity index (χ0n) is 18.7. The van der Waals surface area contributed by atoms with Gasteiger partial charge in [-0.2, -0.15) is 0 Å². The van der Waals surface area contributed by atoms with Gasteiger partial charge in [0.05, 0.1) is 18.4 Å². The number of anilines is 2. The first-order chi connectivity index (χ1) is 16.0. The number of halogens is 1. The lowest BCUT2D eigenvalue weighted by Crippen LogP contribution is -2.42. The van der Waals surface area contributed by atoms with Crippen LogP contribution < -0.4 is 26.0 Å². The summed E-state index contributed by atoms with van der Waals surface area (Å²) in [4.78, 5) is 20.9. The Hall–Kier alpha value is -2.91. The molecule has 0 saturated carbocycles. The molecule has 2 aliphatic heterocycles. The molecule has 7 nitrogen and oxygen atoms in total. The number of hydrogen-bond donors (Lipinski definition) is 3. The number of amides is 1. The van der Waals surface area contributed by atoms with Gasteiger partial charge in [-0.25, -0.2) is 4.98 Å². The first-order valence-corrected chi connectivity index (χ1v) is 12.0. The second-order valence-corrected chi connectivity index (χ2v) is 9.84. The second kappa shape index (κ2) is 8.79. The fourth-order valence-corrected chi connectivity index (χ4v) is 5.77. The molecule has 4 N–H and O–H groups in total. The van der Waals surface area contributed by atoms with E-state index in [0.29, 0.717) is 30.1 Å². The van der Waals surface area contributed by atoms with E-state index in [0.717, 1.165) is 39.5 Å². The van der Waals surface area contributed by atoms with Gasteiger partial charge in [0.1, 0.15) is 22.1 Å². The summed E-state index contributed by atoms with van der Waals surface area (Å²) in [6.07, 6.45) is 0.676. The summed E-state index contributed by atoms with van der Waals surface area (Å²) in [5, 5.41) is 7.09. The van der Waals surface area contributed by atoms with Crippen LogP contribution in [0.5, 0.6) is 5.75 Å². The van der Waals surface area contributed by atoms with Crippen LogP contribution in [0.1, 0.15) is 20.9 Å². The van der Waals surface area contributed by atoms with Crippen molar-refractivity contribution < 1.29 is 13.9 Å². The van der Waals surface area contributed by atoms with E-state index in [9.17, 15) is 9.18 Å². The number of carbonyl (C=O) groups excluding carboxylic acids is 1. The highest BCUT2D eigenvalue weighted by Gasteiger charge is 2.32. The number of aryl methyl sites for hydroxylation is 1. The molecule has 4 heterocycles. The Kier molecular flexibility index (Phi) is 5.84. The zero-order chi connectivity index (χ0) is 23.1. The van der Waals surface area contributed by atoms with Gasteiger partial charge in [-0.05, 0) is 44.2 Å². The van der Waals surface area contributed by atoms with Gasteiger partial charge in [-0.1, -0.05) is 6.07 Å². The van der Waals surface area contributed by atoms with Crippen LogP contribution in [0.4, 0.5) is 15.8 Å². The molecule has 174 valence electrons. The van der Waals surface area contributed by atoms with Crippen LogP contribution in [-0.2, 0) is 6.42 Å². The molecule has 1 saturated heterocycles. The second-order valence-electron chi connectivity index (χ2n) is 8.84. The summed E-state index contributed by atoms with van der Waals surface area (Å²) in [5.74, 6) is 0.616. The molecule has 2 aliphatic rings. The van der Waals surface area contributed by atoms with Gasteiger partial charge in [0, 0.05) is 47.9 Å². The number of carbonyl (C=O) groups is 1. The number of nitrogen functional groups attached to an aromatic ring is 1. The molecule has 0 radical (unpaired) electrons. The van der Waals surface area contributed by atoms with Crippen LogP contribution in [-0.4, -0.2) is 56.4 Å². The maximum atomic E-state index is 13.3. The van der Waals surface area contributed by atoms with Gasteiger partial charge in [0.25, 0.3) is 5.91 Å². The van der Waals surface area contributed by atoms with Crippen LogP contribution in [0.2, 0.25) is 0 Å². The fraction of sp³-hybridized carbons (Fsp3) is 0.417. The van der Waals surface area contributed by atoms with Crippen LogP contribution in [0, 0.1) is 12.8 Å². The molecule has 33 heavy (non-hydrogen) atoms. The number of nitrogens with one attached hydrogen (secondary N) is 2. The lowest BCUT2D eigenvalue weighted by atomic mass is 10.0. The third-order valence-electron chi connectivity index (χ3n) is 6.61. The smallest absolute Gasteiger partial charge is 0.263 e. The summed E-state index contributed by atoms with van der Waals surface area (Å²) >= 11 is 1.31. The number of thiophene rings is 1. The van der Waals surface area contributed by atoms with Crippen LogP contribution in [0.25, 0.3) is 10.2 Å². The maximum Gasteiger partial charge on any atom is 0.263 e. The monoisotopic (exact) mass is 469 g/mol. The predicted octanol–water partition coefficient (Wildman–Crippen LogP) is 2.91. The van der Waals surface area contributed by atoms with Crippen molar-refractivity contribution in [3.8, 4) is 5.75 Å². The average molecular weight is 470 g/mol. The Morgan fingerprint density at radius 2 is 2.18 bits per heavy atom. The number of hydrogen-bond acceptors (Lipinski definition) is 7. The Balaban J connectivity index is 1.27. The number of alkyl halides is 1. The van der Waals surface area contributed by atoms with E-state index in [-0.39, 0.29) is 30.6 Å². The number of nitrogens with two attached hydrogens (primary N) is 1. The van der Waals surface area contributed by atoms with Crippen molar-refractivity contribution in [3.63, 3.8) is 0 Å². The Bertz CT molecular complexity index is 1190. The van der Waals surface area contributed by atoms with Gasteiger partial charge < -0.3 is 26.0 Å². The van der Waals surface area contributed by atoms with E-state index in [1.165, 1.54) is 11.3 Å². The molecule has 0 spiro atoms. The van der Waals surface area contributed by atoms with E-state index in [1.54, 1.807) is 0 Å². The summed E-state index contributed by atoms with van der Waals surface area (Å²) in [7, 11) is 1.88. The minimum absolute atomic E-state index is 0.00741. The molecule has 1 amide bonds. The molecule has 2 aromatic heterocycles. The van der Waals surface area contributed by atoms with Crippen molar-refractivity contribution in [1.29, 1.82) is 0 Å². The number of likely N-dealkylation sites (N-methyl/N-ethyl adjacent to an activating group) is 1. The minimum atomic E-state index is -0.329. The Morgan fingerprint density at radius 1 is 1.33 bits per heavy atom. The van der Waals surface area contributed by atoms with Crippen molar-refractivity contribution in [2.24, 2.45) is 5.92 Å². The number of benzene rings is 1. The number of pyridine rings is 1. The van der Waals surface area contributed by atoms with Gasteiger partial charge in [-0.3, -0.25) is 9.18 Å². The van der Waals surface area contributed by atoms with Gasteiger partial charge in [0.15, 0.2) is 0 Å². The maximum absolute atomic E-state index is 13.3. The standard InChI is InChI=1S/C24H28FN5O2S/c1-13-3-6-18-21(26)22(33-24(18)28-13)23(31)29-16-7-14-4-5-17(8-20(14)32-12-16)30-10-15(9-25)19(11-30)27-2/h3-6,8,15-16,19,27H,7,9-12,26H2,1-2H3,(H,29,31)/t15-,16-,19+/m1/s1. The van der Waals surface area contributed by atoms with Crippen molar-refractivity contribution >= 4 is 38.8 Å². The van der Waals surface area contributed by atoms with E-state index in [4.69, 9.17) is 10.5 Å². The van der Waals surface area contributed by atoms with E-state index in [1.807, 2.05) is 38.2 Å². The molecule has 9 heteroatoms. The summed E-state index contributed by atoms with van der Waals surface area (Å²) in [6, 6.07) is 9.93. The highest BCUT2D eigenvalue weighted by molar-refractivity contribution is 7.21. The summed E-state index contributed by atoms with van der Waals surface area (Å²) in [6.45, 7) is 3.43. The summed E-state index contributed by atoms with van der Waals surface area (Å²) in [5.41, 5.74) is 9.68. The summed E-state index contributed by atoms with van der Waals surface area (Å²) < 4.78 is 19.3. The first kappa shape index (κ1) is 21.9. The number of ether oxygens (including phenoxy) is 1. The Labute approximate surface area is 196 Å². The number of nitrogens with zero attached hydrogens (tertiary/aromatic N) is 2. The molecule has 3 aromatic rings. The van der Waals surface area contributed by atoms with Gasteiger partial charge in [0.2, 0.25) is 0 Å². The third kappa shape index (κ3) is 4.11. The number of fused-ring (bicyclic) bond motifs is 2. The fourth-order valence-electron chi connectivity index (χ4n) is 4.73. The quantitative estimate of drug-likeness (QED) is 0.532. The lowest BCUT2D eigenvalue weighted by Gasteiger charge is -2.28. The van der Waals surface area contributed by atoms with Crippen LogP contribution >= 0.6 is 11.3 Å². The molecule has 1 aromatic carbocycles. The highest BCUT2D eigenvalue weighted by atomic mass is 32.1. The molecule has 0 unspecified atom stereocenters. The minimum Gasteiger partial charge on any atom is -0.491 e. The molecule has 0 aliphatic carbocycles. The van der Waals surface area contributed by atoms with Crippen LogP contribution in [0.15, 0.2) is 30.3 Å².